The summed E-state index contributed by atoms with van der Waals surface area (Å²) in [5.74, 6) is 0.463. The normalized spacial score (nSPS) is 37.0. The number of ether oxygens (including phenoxy) is 2. The number of rotatable bonds is 6. The molecule has 1 amide bonds. The van der Waals surface area contributed by atoms with Gasteiger partial charge in [0.05, 0.1) is 40.4 Å². The smallest absolute Gasteiger partial charge is 0.410 e. The van der Waals surface area contributed by atoms with Crippen LogP contribution in [0, 0.1) is 5.92 Å². The fourth-order valence-corrected chi connectivity index (χ4v) is 9.75. The maximum absolute atomic E-state index is 14.9. The number of morpholine rings is 1. The highest BCUT2D eigenvalue weighted by atomic mass is 35.5. The number of hydrogen-bond donors (Lipinski definition) is 1. The first-order valence-electron chi connectivity index (χ1n) is 12.4. The molecule has 190 valence electrons. The van der Waals surface area contributed by atoms with Gasteiger partial charge in [0, 0.05) is 54.6 Å². The summed E-state index contributed by atoms with van der Waals surface area (Å²) < 4.78 is 29.3. The third kappa shape index (κ3) is 3.74. The predicted molar refractivity (Wildman–Crippen MR) is 134 cm³/mol. The van der Waals surface area contributed by atoms with E-state index in [0.717, 1.165) is 22.6 Å². The van der Waals surface area contributed by atoms with E-state index in [-0.39, 0.29) is 30.8 Å². The summed E-state index contributed by atoms with van der Waals surface area (Å²) in [6, 6.07) is 7.01. The maximum atomic E-state index is 14.9. The van der Waals surface area contributed by atoms with Gasteiger partial charge >= 0.3 is 6.09 Å². The van der Waals surface area contributed by atoms with Gasteiger partial charge in [0.2, 0.25) is 0 Å². The number of benzene rings is 1. The molecule has 35 heavy (non-hydrogen) atoms. The van der Waals surface area contributed by atoms with Crippen LogP contribution in [0.2, 0.25) is 5.02 Å². The summed E-state index contributed by atoms with van der Waals surface area (Å²) in [7, 11) is -2.71. The van der Waals surface area contributed by atoms with E-state index in [1.807, 2.05) is 18.2 Å². The zero-order valence-corrected chi connectivity index (χ0v) is 21.3. The summed E-state index contributed by atoms with van der Waals surface area (Å²) in [5.41, 5.74) is -0.882. The van der Waals surface area contributed by atoms with Crippen molar-refractivity contribution in [3.8, 4) is 0 Å². The van der Waals surface area contributed by atoms with Crippen molar-refractivity contribution >= 4 is 32.3 Å². The minimum Gasteiger partial charge on any atom is -0.435 e. The first kappa shape index (κ1) is 23.8. The van der Waals surface area contributed by atoms with Crippen molar-refractivity contribution in [3.63, 3.8) is 0 Å². The summed E-state index contributed by atoms with van der Waals surface area (Å²) in [5, 5.41) is 9.93. The zero-order chi connectivity index (χ0) is 24.4. The Labute approximate surface area is 211 Å². The van der Waals surface area contributed by atoms with Crippen LogP contribution in [0.15, 0.2) is 41.8 Å². The van der Waals surface area contributed by atoms with E-state index in [0.29, 0.717) is 56.8 Å². The van der Waals surface area contributed by atoms with Crippen LogP contribution in [0.4, 0.5) is 4.79 Å². The largest absolute Gasteiger partial charge is 0.435 e. The van der Waals surface area contributed by atoms with E-state index in [2.05, 4.69) is 15.8 Å². The van der Waals surface area contributed by atoms with Crippen molar-refractivity contribution in [2.45, 2.75) is 47.9 Å². The molecule has 0 radical (unpaired) electrons. The van der Waals surface area contributed by atoms with Gasteiger partial charge in [-0.25, -0.2) is 13.3 Å². The average Bonchev–Trinajstić information content (AvgIpc) is 3.79. The number of hydrogen-bond acceptors (Lipinski definition) is 6. The molecule has 3 aliphatic heterocycles. The summed E-state index contributed by atoms with van der Waals surface area (Å²) in [6.45, 7) is 7.06. The minimum absolute atomic E-state index is 0.0424. The molecule has 1 aromatic rings. The molecule has 10 heteroatoms. The fourth-order valence-electron chi connectivity index (χ4n) is 6.08. The molecule has 1 N–H and O–H groups in total. The van der Waals surface area contributed by atoms with E-state index in [1.54, 1.807) is 17.0 Å². The molecule has 5 aliphatic rings. The number of carbonyl (C=O) groups is 1. The molecule has 0 spiro atoms. The molecule has 5 atom stereocenters. The van der Waals surface area contributed by atoms with Gasteiger partial charge in [-0.2, -0.15) is 0 Å². The van der Waals surface area contributed by atoms with Crippen molar-refractivity contribution in [2.75, 3.05) is 46.0 Å². The summed E-state index contributed by atoms with van der Waals surface area (Å²) >= 11 is 6.14. The molecule has 8 nitrogen and oxygen atoms in total. The highest BCUT2D eigenvalue weighted by molar-refractivity contribution is 8.01. The molecule has 2 saturated heterocycles. The van der Waals surface area contributed by atoms with Crippen molar-refractivity contribution in [2.24, 2.45) is 5.92 Å². The number of carbonyl (C=O) groups excluding carboxylic acids is 1. The molecular weight excluding hydrogens is 490 g/mol. The van der Waals surface area contributed by atoms with Gasteiger partial charge in [0.25, 0.3) is 0 Å². The Hall–Kier alpha value is -1.62. The molecule has 4 fully saturated rings. The Morgan fingerprint density at radius 3 is 2.74 bits per heavy atom. The van der Waals surface area contributed by atoms with Crippen molar-refractivity contribution in [1.29, 1.82) is 0 Å². The molecule has 0 bridgehead atoms. The third-order valence-electron chi connectivity index (χ3n) is 8.16. The Kier molecular flexibility index (Phi) is 5.94. The predicted octanol–water partition coefficient (Wildman–Crippen LogP) is 2.01. The first-order valence-corrected chi connectivity index (χ1v) is 14.3. The Morgan fingerprint density at radius 1 is 1.29 bits per heavy atom. The number of halogens is 1. The molecular formula is C25H32ClN3O5S. The lowest BCUT2D eigenvalue weighted by Crippen LogP contribution is -2.59. The van der Waals surface area contributed by atoms with Crippen LogP contribution in [0.25, 0.3) is 0 Å². The molecule has 2 unspecified atom stereocenters. The Balaban J connectivity index is 1.31. The third-order valence-corrected chi connectivity index (χ3v) is 11.6. The lowest BCUT2D eigenvalue weighted by atomic mass is 10.0. The van der Waals surface area contributed by atoms with Crippen LogP contribution in [-0.2, 0) is 19.2 Å². The van der Waals surface area contributed by atoms with Crippen molar-refractivity contribution < 1.29 is 23.6 Å². The minimum atomic E-state index is -2.71. The van der Waals surface area contributed by atoms with Crippen LogP contribution in [0.5, 0.6) is 0 Å². The van der Waals surface area contributed by atoms with E-state index in [1.165, 1.54) is 0 Å². The number of fused-ring (bicyclic) bond motifs is 3. The van der Waals surface area contributed by atoms with E-state index in [4.69, 9.17) is 21.1 Å². The van der Waals surface area contributed by atoms with E-state index >= 15 is 0 Å². The Bertz CT molecular complexity index is 1150. The SMILES string of the molecule is C=C[C@H]1CN(C(=O)OC23CC2=S(=O)(c2ccc(Cl)cc2)N2[C@H](C4CC4)COC[C@@H]23)CCN1CCO. The van der Waals surface area contributed by atoms with Gasteiger partial charge in [0.15, 0.2) is 5.60 Å². The van der Waals surface area contributed by atoms with Gasteiger partial charge in [0.1, 0.15) is 0 Å². The molecule has 1 aromatic carbocycles. The van der Waals surface area contributed by atoms with Crippen molar-refractivity contribution in [3.05, 3.63) is 41.9 Å². The van der Waals surface area contributed by atoms with Crippen LogP contribution < -0.4 is 0 Å². The van der Waals surface area contributed by atoms with Crippen LogP contribution in [0.3, 0.4) is 0 Å². The fraction of sp³-hybridized carbons (Fsp3) is 0.600. The molecule has 2 aliphatic carbocycles. The highest BCUT2D eigenvalue weighted by Crippen LogP contribution is 2.56. The standard InChI is InChI=1S/C25H32ClN3O5S/c1-2-19-14-28(10-9-27(19)11-12-30)24(31)34-25-13-23(25)35(32,20-7-5-18(26)6-8-20)29-21(17-3-4-17)15-33-16-22(25)29/h2,5-8,17,19,21-22,30H,1,3-4,9-16H2/t19-,21-,22+,25?,35?/m0/s1. The van der Waals surface area contributed by atoms with E-state index < -0.39 is 15.3 Å². The quantitative estimate of drug-likeness (QED) is 0.455. The van der Waals surface area contributed by atoms with Gasteiger partial charge in [-0.05, 0) is 43.0 Å². The van der Waals surface area contributed by atoms with Crippen LogP contribution >= 0.6 is 11.6 Å². The second kappa shape index (κ2) is 8.75. The number of amides is 1. The first-order chi connectivity index (χ1) is 16.9. The second-order valence-corrected chi connectivity index (χ2v) is 13.0. The molecule has 0 aromatic heterocycles. The molecule has 2 saturated carbocycles. The molecule has 3 heterocycles. The Morgan fingerprint density at radius 2 is 2.06 bits per heavy atom. The summed E-state index contributed by atoms with van der Waals surface area (Å²) in [4.78, 5) is 18.8. The molecule has 6 rings (SSSR count). The monoisotopic (exact) mass is 521 g/mol. The second-order valence-electron chi connectivity index (χ2n) is 10.2. The highest BCUT2D eigenvalue weighted by Gasteiger charge is 2.73. The number of nitrogens with zero attached hydrogens (tertiary/aromatic N) is 3. The number of β-amino-alcohol motifs (C(OH)–C–C–N with tert-alkyl or cyclic N) is 1. The van der Waals surface area contributed by atoms with Gasteiger partial charge in [-0.3, -0.25) is 4.90 Å². The topological polar surface area (TPSA) is 82.5 Å². The van der Waals surface area contributed by atoms with Crippen molar-refractivity contribution in [1.82, 2.24) is 14.1 Å². The van der Waals surface area contributed by atoms with Crippen LogP contribution in [-0.4, -0.2) is 104 Å². The van der Waals surface area contributed by atoms with Crippen LogP contribution in [0.1, 0.15) is 19.3 Å². The maximum Gasteiger partial charge on any atom is 0.410 e. The zero-order valence-electron chi connectivity index (χ0n) is 19.7. The van der Waals surface area contributed by atoms with Gasteiger partial charge in [-0.1, -0.05) is 17.7 Å². The average molecular weight is 522 g/mol. The lowest BCUT2D eigenvalue weighted by Gasteiger charge is -2.44. The number of aliphatic hydroxyl groups excluding tert-OH is 1. The number of aliphatic hydroxyl groups is 1. The van der Waals surface area contributed by atoms with E-state index in [9.17, 15) is 14.1 Å². The van der Waals surface area contributed by atoms with Gasteiger partial charge in [-0.15, -0.1) is 6.58 Å². The lowest BCUT2D eigenvalue weighted by molar-refractivity contribution is -0.0645. The number of piperazine rings is 1. The summed E-state index contributed by atoms with van der Waals surface area (Å²) in [6.07, 6.45) is 4.13. The van der Waals surface area contributed by atoms with Gasteiger partial charge < -0.3 is 19.5 Å².